The molecule has 0 saturated carbocycles. The number of carbonyl (C=O) groups excluding carboxylic acids is 1. The minimum atomic E-state index is -0.279. The second-order valence-electron chi connectivity index (χ2n) is 1.78. The van der Waals surface area contributed by atoms with Gasteiger partial charge < -0.3 is 0 Å². The smallest absolute Gasteiger partial charge is 0.260 e. The number of hydrogen-bond acceptors (Lipinski definition) is 1. The summed E-state index contributed by atoms with van der Waals surface area (Å²) in [6.45, 7) is 5.50. The van der Waals surface area contributed by atoms with Crippen LogP contribution in [0, 0.1) is 0 Å². The van der Waals surface area contributed by atoms with Crippen molar-refractivity contribution in [1.29, 1.82) is 0 Å². The van der Waals surface area contributed by atoms with Crippen LogP contribution in [0.4, 0.5) is 0 Å². The summed E-state index contributed by atoms with van der Waals surface area (Å²) < 4.78 is 0. The monoisotopic (exact) mass is 147 g/mol. The van der Waals surface area contributed by atoms with Crippen molar-refractivity contribution in [2.24, 2.45) is 0 Å². The van der Waals surface area contributed by atoms with Crippen LogP contribution in [0.1, 0.15) is 19.8 Å². The van der Waals surface area contributed by atoms with Gasteiger partial charge in [0.1, 0.15) is 0 Å². The average Bonchev–Trinajstić information content (AvgIpc) is 1.87. The molecule has 2 nitrogen and oxygen atoms in total. The molecule has 0 rings (SSSR count). The molecular formula is C6H10ClNO. The fraction of sp³-hybridized carbons (Fsp3) is 0.500. The normalized spacial score (nSPS) is 8.67. The molecule has 0 unspecified atom stereocenters. The molecule has 0 saturated heterocycles. The highest BCUT2D eigenvalue weighted by molar-refractivity contribution is 6.23. The van der Waals surface area contributed by atoms with Gasteiger partial charge in [-0.1, -0.05) is 19.9 Å². The molecule has 9 heavy (non-hydrogen) atoms. The van der Waals surface area contributed by atoms with E-state index in [2.05, 4.69) is 6.58 Å². The third-order valence-corrected chi connectivity index (χ3v) is 1.13. The largest absolute Gasteiger partial charge is 0.268 e. The van der Waals surface area contributed by atoms with Gasteiger partial charge in [-0.25, -0.2) is 0 Å². The number of hydrogen-bond donors (Lipinski definition) is 1. The second kappa shape index (κ2) is 4.39. The van der Waals surface area contributed by atoms with E-state index in [0.29, 0.717) is 12.0 Å². The predicted octanol–water partition coefficient (Wildman–Crippen LogP) is 1.61. The Morgan fingerprint density at radius 3 is 2.67 bits per heavy atom. The Balaban J connectivity index is 3.60. The first kappa shape index (κ1) is 8.50. The lowest BCUT2D eigenvalue weighted by atomic mass is 10.2. The van der Waals surface area contributed by atoms with Crippen molar-refractivity contribution in [1.82, 2.24) is 4.84 Å². The lowest BCUT2D eigenvalue weighted by Gasteiger charge is -1.97. The molecular weight excluding hydrogens is 138 g/mol. The number of nitrogens with one attached hydrogen (secondary N) is 1. The lowest BCUT2D eigenvalue weighted by molar-refractivity contribution is -0.116. The van der Waals surface area contributed by atoms with Crippen LogP contribution in [-0.4, -0.2) is 5.91 Å². The number of rotatable bonds is 3. The summed E-state index contributed by atoms with van der Waals surface area (Å²) in [6.07, 6.45) is 1.63. The van der Waals surface area contributed by atoms with E-state index in [9.17, 15) is 4.79 Å². The molecule has 3 heteroatoms. The predicted molar refractivity (Wildman–Crippen MR) is 38.0 cm³/mol. The van der Waals surface area contributed by atoms with Crippen LogP contribution in [-0.2, 0) is 4.79 Å². The van der Waals surface area contributed by atoms with Crippen LogP contribution in [0.2, 0.25) is 0 Å². The molecule has 0 bridgehead atoms. The Labute approximate surface area is 60.0 Å². The standard InChI is InChI=1S/C6H10ClNO/c1-3-4-5(2)6(9)8-7/h2-4H2,1H3,(H,8,9). The minimum absolute atomic E-state index is 0.279. The Morgan fingerprint density at radius 2 is 2.33 bits per heavy atom. The molecule has 1 amide bonds. The highest BCUT2D eigenvalue weighted by Gasteiger charge is 2.01. The lowest BCUT2D eigenvalue weighted by Crippen LogP contribution is -2.13. The zero-order valence-corrected chi connectivity index (χ0v) is 6.16. The van der Waals surface area contributed by atoms with Crippen molar-refractivity contribution in [3.63, 3.8) is 0 Å². The van der Waals surface area contributed by atoms with Gasteiger partial charge in [0, 0.05) is 17.3 Å². The molecule has 0 aromatic rings. The Kier molecular flexibility index (Phi) is 4.14. The van der Waals surface area contributed by atoms with E-state index >= 15 is 0 Å². The Bertz CT molecular complexity index is 122. The maximum absolute atomic E-state index is 10.6. The van der Waals surface area contributed by atoms with Crippen molar-refractivity contribution in [2.75, 3.05) is 0 Å². The van der Waals surface area contributed by atoms with E-state index in [1.54, 1.807) is 0 Å². The Morgan fingerprint density at radius 1 is 1.78 bits per heavy atom. The first-order valence-corrected chi connectivity index (χ1v) is 3.19. The molecule has 0 aromatic carbocycles. The van der Waals surface area contributed by atoms with Gasteiger partial charge in [-0.15, -0.1) is 0 Å². The van der Waals surface area contributed by atoms with Crippen molar-refractivity contribution in [3.05, 3.63) is 12.2 Å². The summed E-state index contributed by atoms with van der Waals surface area (Å²) in [5.41, 5.74) is 0.535. The number of halogens is 1. The summed E-state index contributed by atoms with van der Waals surface area (Å²) in [6, 6.07) is 0. The molecule has 0 heterocycles. The molecule has 0 aliphatic carbocycles. The van der Waals surface area contributed by atoms with E-state index in [1.165, 1.54) is 0 Å². The molecule has 0 aromatic heterocycles. The van der Waals surface area contributed by atoms with Crippen molar-refractivity contribution >= 4 is 17.7 Å². The summed E-state index contributed by atoms with van der Waals surface area (Å²) >= 11 is 5.02. The van der Waals surface area contributed by atoms with E-state index in [4.69, 9.17) is 11.8 Å². The van der Waals surface area contributed by atoms with Crippen molar-refractivity contribution in [2.45, 2.75) is 19.8 Å². The van der Waals surface area contributed by atoms with Gasteiger partial charge >= 0.3 is 0 Å². The molecule has 0 spiro atoms. The van der Waals surface area contributed by atoms with Crippen LogP contribution >= 0.6 is 11.8 Å². The SMILES string of the molecule is C=C(CCC)C(=O)NCl. The summed E-state index contributed by atoms with van der Waals surface area (Å²) in [5, 5.41) is 0. The summed E-state index contributed by atoms with van der Waals surface area (Å²) in [4.78, 5) is 12.5. The Hall–Kier alpha value is -0.500. The van der Waals surface area contributed by atoms with Crippen LogP contribution in [0.15, 0.2) is 12.2 Å². The highest BCUT2D eigenvalue weighted by atomic mass is 35.5. The van der Waals surface area contributed by atoms with Crippen molar-refractivity contribution in [3.8, 4) is 0 Å². The van der Waals surface area contributed by atoms with Gasteiger partial charge in [-0.05, 0) is 6.42 Å². The minimum Gasteiger partial charge on any atom is -0.268 e. The quantitative estimate of drug-likeness (QED) is 0.477. The second-order valence-corrected chi connectivity index (χ2v) is 1.97. The van der Waals surface area contributed by atoms with Gasteiger partial charge in [0.15, 0.2) is 0 Å². The fourth-order valence-electron chi connectivity index (χ4n) is 0.482. The topological polar surface area (TPSA) is 29.1 Å². The highest BCUT2D eigenvalue weighted by Crippen LogP contribution is 2.00. The van der Waals surface area contributed by atoms with E-state index in [1.807, 2.05) is 11.8 Å². The maximum atomic E-state index is 10.6. The van der Waals surface area contributed by atoms with Gasteiger partial charge in [0.25, 0.3) is 5.91 Å². The van der Waals surface area contributed by atoms with Gasteiger partial charge in [-0.3, -0.25) is 9.63 Å². The van der Waals surface area contributed by atoms with Gasteiger partial charge in [0.2, 0.25) is 0 Å². The van der Waals surface area contributed by atoms with E-state index in [0.717, 1.165) is 6.42 Å². The van der Waals surface area contributed by atoms with Crippen LogP contribution in [0.3, 0.4) is 0 Å². The average molecular weight is 148 g/mol. The molecule has 0 atom stereocenters. The number of amides is 1. The van der Waals surface area contributed by atoms with Gasteiger partial charge in [-0.2, -0.15) is 0 Å². The van der Waals surface area contributed by atoms with Crippen molar-refractivity contribution < 1.29 is 4.79 Å². The van der Waals surface area contributed by atoms with Crippen LogP contribution in [0.5, 0.6) is 0 Å². The summed E-state index contributed by atoms with van der Waals surface area (Å²) in [7, 11) is 0. The molecule has 0 aliphatic rings. The molecule has 1 N–H and O–H groups in total. The molecule has 0 fully saturated rings. The fourth-order valence-corrected chi connectivity index (χ4v) is 0.616. The van der Waals surface area contributed by atoms with E-state index < -0.39 is 0 Å². The molecule has 0 aliphatic heterocycles. The zero-order valence-electron chi connectivity index (χ0n) is 5.41. The third kappa shape index (κ3) is 3.14. The van der Waals surface area contributed by atoms with Crippen LogP contribution < -0.4 is 4.84 Å². The van der Waals surface area contributed by atoms with E-state index in [-0.39, 0.29) is 5.91 Å². The zero-order chi connectivity index (χ0) is 7.28. The van der Waals surface area contributed by atoms with Gasteiger partial charge in [0.05, 0.1) is 0 Å². The maximum Gasteiger partial charge on any atom is 0.260 e. The molecule has 0 radical (unpaired) electrons. The first-order valence-electron chi connectivity index (χ1n) is 2.81. The summed E-state index contributed by atoms with van der Waals surface area (Å²) in [5.74, 6) is -0.279. The first-order chi connectivity index (χ1) is 4.22. The third-order valence-electron chi connectivity index (χ3n) is 0.959. The molecule has 52 valence electrons. The van der Waals surface area contributed by atoms with Crippen LogP contribution in [0.25, 0.3) is 0 Å². The number of carbonyl (C=O) groups is 1.